The molecule has 1 aliphatic carbocycles. The second-order valence-electron chi connectivity index (χ2n) is 7.46. The predicted molar refractivity (Wildman–Crippen MR) is 102 cm³/mol. The molecule has 0 fully saturated rings. The zero-order valence-corrected chi connectivity index (χ0v) is 17.1. The summed E-state index contributed by atoms with van der Waals surface area (Å²) in [5.74, 6) is 0.259. The lowest BCUT2D eigenvalue weighted by Crippen LogP contribution is -2.54. The zero-order valence-electron chi connectivity index (χ0n) is 16.4. The minimum atomic E-state index is -1.42. The Bertz CT molecular complexity index is 905. The molecule has 28 heavy (non-hydrogen) atoms. The first-order valence-corrected chi connectivity index (χ1v) is 9.88. The number of fused-ring (bicyclic) bond motifs is 2. The highest BCUT2D eigenvalue weighted by atomic mass is 35.5. The Labute approximate surface area is 168 Å². The van der Waals surface area contributed by atoms with Gasteiger partial charge in [0.25, 0.3) is 0 Å². The van der Waals surface area contributed by atoms with E-state index >= 15 is 0 Å². The van der Waals surface area contributed by atoms with E-state index in [4.69, 9.17) is 30.5 Å². The average Bonchev–Trinajstić information content (AvgIpc) is 2.98. The summed E-state index contributed by atoms with van der Waals surface area (Å²) < 4.78 is 23.4. The number of ketones is 2. The summed E-state index contributed by atoms with van der Waals surface area (Å²) in [7, 11) is 1.50. The summed E-state index contributed by atoms with van der Waals surface area (Å²) in [5.41, 5.74) is 0.134. The summed E-state index contributed by atoms with van der Waals surface area (Å²) >= 11 is 6.48. The number of carbonyl (C=O) groups excluding carboxylic acids is 2. The zero-order chi connectivity index (χ0) is 20.2. The van der Waals surface area contributed by atoms with Gasteiger partial charge in [-0.05, 0) is 31.9 Å². The minimum absolute atomic E-state index is 0.00956. The van der Waals surface area contributed by atoms with Gasteiger partial charge in [0.05, 0.1) is 12.1 Å². The van der Waals surface area contributed by atoms with Crippen LogP contribution < -0.4 is 9.47 Å². The van der Waals surface area contributed by atoms with Gasteiger partial charge in [-0.2, -0.15) is 0 Å². The molecule has 150 valence electrons. The molecule has 0 amide bonds. The number of allylic oxidation sites excluding steroid dienone is 1. The Hall–Kier alpha value is -2.05. The molecule has 0 saturated heterocycles. The van der Waals surface area contributed by atoms with Crippen molar-refractivity contribution in [3.63, 3.8) is 0 Å². The highest BCUT2D eigenvalue weighted by molar-refractivity contribution is 6.34. The Balaban J connectivity index is 1.90. The van der Waals surface area contributed by atoms with E-state index in [1.165, 1.54) is 7.11 Å². The van der Waals surface area contributed by atoms with E-state index in [0.29, 0.717) is 47.1 Å². The van der Waals surface area contributed by atoms with Gasteiger partial charge >= 0.3 is 0 Å². The Morgan fingerprint density at radius 2 is 2.11 bits per heavy atom. The van der Waals surface area contributed by atoms with Crippen LogP contribution in [-0.2, 0) is 14.3 Å². The lowest BCUT2D eigenvalue weighted by atomic mass is 9.71. The standard InChI is InChI=1S/C21H23ClO6/c1-5-26-15-7-6-12-13(23)9-11(3)21(20(12)27-15)19(24)16-14(25-4)8-10(2)17(22)18(16)28-21/h8,11,15H,5-7,9H2,1-4H3. The predicted octanol–water partition coefficient (Wildman–Crippen LogP) is 4.01. The smallest absolute Gasteiger partial charge is 0.231 e. The van der Waals surface area contributed by atoms with Crippen LogP contribution in [0.25, 0.3) is 0 Å². The lowest BCUT2D eigenvalue weighted by molar-refractivity contribution is -0.152. The van der Waals surface area contributed by atoms with Gasteiger partial charge in [-0.1, -0.05) is 18.5 Å². The van der Waals surface area contributed by atoms with Crippen molar-refractivity contribution in [1.29, 1.82) is 0 Å². The number of methoxy groups -OCH3 is 1. The number of hydrogen-bond donors (Lipinski definition) is 0. The van der Waals surface area contributed by atoms with Crippen molar-refractivity contribution in [2.45, 2.75) is 51.9 Å². The lowest BCUT2D eigenvalue weighted by Gasteiger charge is -2.42. The molecule has 1 aromatic carbocycles. The Morgan fingerprint density at radius 1 is 1.36 bits per heavy atom. The maximum atomic E-state index is 13.7. The number of rotatable bonds is 3. The molecule has 0 saturated carbocycles. The molecule has 0 radical (unpaired) electrons. The number of halogens is 1. The number of Topliss-reactive ketones (excluding diaryl/α,β-unsaturated/α-hetero) is 2. The maximum absolute atomic E-state index is 13.7. The fourth-order valence-corrected chi connectivity index (χ4v) is 4.55. The number of aryl methyl sites for hydroxylation is 1. The summed E-state index contributed by atoms with van der Waals surface area (Å²) in [4.78, 5) is 26.4. The number of carbonyl (C=O) groups is 2. The van der Waals surface area contributed by atoms with Gasteiger partial charge in [0.1, 0.15) is 11.3 Å². The maximum Gasteiger partial charge on any atom is 0.231 e. The highest BCUT2D eigenvalue weighted by Gasteiger charge is 2.62. The normalized spacial score (nSPS) is 28.8. The Kier molecular flexibility index (Phi) is 4.67. The molecular weight excluding hydrogens is 384 g/mol. The van der Waals surface area contributed by atoms with Crippen molar-refractivity contribution >= 4 is 23.2 Å². The molecule has 0 bridgehead atoms. The van der Waals surface area contributed by atoms with Crippen molar-refractivity contribution in [2.24, 2.45) is 5.92 Å². The third kappa shape index (κ3) is 2.51. The fourth-order valence-electron chi connectivity index (χ4n) is 4.36. The van der Waals surface area contributed by atoms with Gasteiger partial charge in [-0.25, -0.2) is 0 Å². The van der Waals surface area contributed by atoms with Crippen molar-refractivity contribution in [2.75, 3.05) is 13.7 Å². The summed E-state index contributed by atoms with van der Waals surface area (Å²) in [6, 6.07) is 1.72. The van der Waals surface area contributed by atoms with E-state index in [1.807, 2.05) is 20.8 Å². The first kappa shape index (κ1) is 19.3. The quantitative estimate of drug-likeness (QED) is 0.755. The van der Waals surface area contributed by atoms with Crippen LogP contribution in [0.4, 0.5) is 0 Å². The molecule has 3 unspecified atom stereocenters. The van der Waals surface area contributed by atoms with E-state index in [0.717, 1.165) is 5.56 Å². The fraction of sp³-hybridized carbons (Fsp3) is 0.524. The van der Waals surface area contributed by atoms with Crippen molar-refractivity contribution in [3.8, 4) is 11.5 Å². The van der Waals surface area contributed by atoms with Crippen LogP contribution in [0.15, 0.2) is 17.4 Å². The first-order chi connectivity index (χ1) is 13.3. The summed E-state index contributed by atoms with van der Waals surface area (Å²) in [5, 5.41) is 0.365. The molecule has 0 aromatic heterocycles. The number of ether oxygens (including phenoxy) is 4. The number of hydrogen-bond acceptors (Lipinski definition) is 6. The van der Waals surface area contributed by atoms with Gasteiger partial charge in [-0.3, -0.25) is 9.59 Å². The van der Waals surface area contributed by atoms with Gasteiger partial charge in [0.2, 0.25) is 11.4 Å². The van der Waals surface area contributed by atoms with Crippen molar-refractivity contribution < 1.29 is 28.5 Å². The topological polar surface area (TPSA) is 71.1 Å². The molecular formula is C21H23ClO6. The average molecular weight is 407 g/mol. The third-order valence-corrected chi connectivity index (χ3v) is 6.25. The minimum Gasteiger partial charge on any atom is -0.496 e. The highest BCUT2D eigenvalue weighted by Crippen LogP contribution is 2.55. The Morgan fingerprint density at radius 3 is 2.79 bits per heavy atom. The molecule has 3 aliphatic rings. The first-order valence-electron chi connectivity index (χ1n) is 9.51. The van der Waals surface area contributed by atoms with E-state index in [-0.39, 0.29) is 23.7 Å². The van der Waals surface area contributed by atoms with Gasteiger partial charge in [-0.15, -0.1) is 0 Å². The van der Waals surface area contributed by atoms with Crippen molar-refractivity contribution in [3.05, 3.63) is 33.5 Å². The van der Waals surface area contributed by atoms with Gasteiger partial charge in [0, 0.05) is 30.9 Å². The third-order valence-electron chi connectivity index (χ3n) is 5.78. The van der Waals surface area contributed by atoms with Crippen LogP contribution in [0.5, 0.6) is 11.5 Å². The van der Waals surface area contributed by atoms with Crippen LogP contribution in [0.1, 0.15) is 49.0 Å². The van der Waals surface area contributed by atoms with Crippen molar-refractivity contribution in [1.82, 2.24) is 0 Å². The summed E-state index contributed by atoms with van der Waals surface area (Å²) in [6.07, 6.45) is 0.746. The van der Waals surface area contributed by atoms with Crippen LogP contribution in [0, 0.1) is 12.8 Å². The molecule has 1 aromatic rings. The monoisotopic (exact) mass is 406 g/mol. The van der Waals surface area contributed by atoms with Gasteiger partial charge in [0.15, 0.2) is 23.6 Å². The summed E-state index contributed by atoms with van der Waals surface area (Å²) in [6.45, 7) is 5.99. The molecule has 2 aliphatic heterocycles. The molecule has 4 rings (SSSR count). The van der Waals surface area contributed by atoms with Crippen LogP contribution in [0.2, 0.25) is 5.02 Å². The van der Waals surface area contributed by atoms with Crippen LogP contribution in [0.3, 0.4) is 0 Å². The molecule has 7 heteroatoms. The molecule has 6 nitrogen and oxygen atoms in total. The molecule has 1 spiro atoms. The van der Waals surface area contributed by atoms with E-state index in [1.54, 1.807) is 6.07 Å². The molecule has 3 atom stereocenters. The van der Waals surface area contributed by atoms with E-state index in [2.05, 4.69) is 0 Å². The van der Waals surface area contributed by atoms with E-state index in [9.17, 15) is 9.59 Å². The van der Waals surface area contributed by atoms with E-state index < -0.39 is 17.8 Å². The molecule has 2 heterocycles. The number of benzene rings is 1. The van der Waals surface area contributed by atoms with Crippen LogP contribution >= 0.6 is 11.6 Å². The second-order valence-corrected chi connectivity index (χ2v) is 7.84. The van der Waals surface area contributed by atoms with Crippen LogP contribution in [-0.4, -0.2) is 37.2 Å². The van der Waals surface area contributed by atoms with Gasteiger partial charge < -0.3 is 18.9 Å². The second kappa shape index (κ2) is 6.78. The molecule has 0 N–H and O–H groups in total. The largest absolute Gasteiger partial charge is 0.496 e. The SMILES string of the molecule is CCOC1CCC2=C(O1)C1(Oc3c(Cl)c(C)cc(OC)c3C1=O)C(C)CC2=O.